The highest BCUT2D eigenvalue weighted by atomic mass is 16.3. The van der Waals surface area contributed by atoms with Gasteiger partial charge in [-0.25, -0.2) is 9.67 Å². The maximum atomic E-state index is 11.3. The van der Waals surface area contributed by atoms with Gasteiger partial charge >= 0.3 is 0 Å². The lowest BCUT2D eigenvalue weighted by atomic mass is 10.0. The van der Waals surface area contributed by atoms with Gasteiger partial charge in [-0.15, -0.1) is 0 Å². The van der Waals surface area contributed by atoms with Crippen LogP contribution in [0.4, 0.5) is 0 Å². The van der Waals surface area contributed by atoms with Crippen molar-refractivity contribution in [3.05, 3.63) is 41.6 Å². The first-order chi connectivity index (χ1) is 10.5. The molecular weight excluding hydrogens is 278 g/mol. The van der Waals surface area contributed by atoms with Gasteiger partial charge in [-0.1, -0.05) is 12.1 Å². The van der Waals surface area contributed by atoms with Gasteiger partial charge in [-0.3, -0.25) is 4.79 Å². The lowest BCUT2D eigenvalue weighted by molar-refractivity contribution is -0.116. The second-order valence-corrected chi connectivity index (χ2v) is 5.52. The topological polar surface area (TPSA) is 68.0 Å². The maximum absolute atomic E-state index is 11.3. The van der Waals surface area contributed by atoms with Crippen LogP contribution in [0.25, 0.3) is 22.3 Å². The van der Waals surface area contributed by atoms with Crippen molar-refractivity contribution in [1.82, 2.24) is 14.8 Å². The first-order valence-corrected chi connectivity index (χ1v) is 7.07. The van der Waals surface area contributed by atoms with Gasteiger partial charge in [0, 0.05) is 36.2 Å². The molecule has 0 spiro atoms. The van der Waals surface area contributed by atoms with Crippen molar-refractivity contribution in [3.8, 4) is 17.0 Å². The van der Waals surface area contributed by atoms with E-state index in [4.69, 9.17) is 0 Å². The van der Waals surface area contributed by atoms with E-state index in [0.29, 0.717) is 6.42 Å². The molecule has 0 saturated heterocycles. The second-order valence-electron chi connectivity index (χ2n) is 5.52. The van der Waals surface area contributed by atoms with E-state index in [1.165, 1.54) is 0 Å². The minimum atomic E-state index is 0.0973. The number of carbonyl (C=O) groups is 1. The Morgan fingerprint density at radius 2 is 2.14 bits per heavy atom. The zero-order valence-corrected chi connectivity index (χ0v) is 12.8. The number of pyridine rings is 1. The average Bonchev–Trinajstić information content (AvgIpc) is 2.78. The molecular formula is C17H17N3O2. The lowest BCUT2D eigenvalue weighted by Gasteiger charge is -2.05. The van der Waals surface area contributed by atoms with E-state index in [0.717, 1.165) is 33.4 Å². The third kappa shape index (κ3) is 2.35. The normalized spacial score (nSPS) is 11.0. The van der Waals surface area contributed by atoms with Crippen LogP contribution >= 0.6 is 0 Å². The SMILES string of the molecule is CC(=O)Cc1cnc2c(c1)c(-c1cccc(O)c1C)nn2C. The minimum absolute atomic E-state index is 0.0973. The molecule has 3 rings (SSSR count). The number of aromatic hydroxyl groups is 1. The van der Waals surface area contributed by atoms with Crippen LogP contribution in [-0.2, 0) is 18.3 Å². The van der Waals surface area contributed by atoms with Crippen LogP contribution in [0.3, 0.4) is 0 Å². The van der Waals surface area contributed by atoms with Gasteiger partial charge in [0.05, 0.1) is 0 Å². The van der Waals surface area contributed by atoms with E-state index in [9.17, 15) is 9.90 Å². The van der Waals surface area contributed by atoms with Crippen molar-refractivity contribution >= 4 is 16.8 Å². The molecule has 0 aliphatic carbocycles. The number of Topliss-reactive ketones (excluding diaryl/α,β-unsaturated/α-hetero) is 1. The Bertz CT molecular complexity index is 881. The van der Waals surface area contributed by atoms with Gasteiger partial charge in [-0.2, -0.15) is 5.10 Å². The number of nitrogens with zero attached hydrogens (tertiary/aromatic N) is 3. The van der Waals surface area contributed by atoms with Gasteiger partial charge < -0.3 is 5.11 Å². The van der Waals surface area contributed by atoms with E-state index < -0.39 is 0 Å². The van der Waals surface area contributed by atoms with Gasteiger partial charge in [0.25, 0.3) is 0 Å². The highest BCUT2D eigenvalue weighted by molar-refractivity contribution is 5.93. The van der Waals surface area contributed by atoms with E-state index in [1.807, 2.05) is 26.1 Å². The Balaban J connectivity index is 2.25. The summed E-state index contributed by atoms with van der Waals surface area (Å²) in [4.78, 5) is 15.7. The number of hydrogen-bond acceptors (Lipinski definition) is 4. The fraction of sp³-hybridized carbons (Fsp3) is 0.235. The molecule has 2 aromatic heterocycles. The zero-order valence-electron chi connectivity index (χ0n) is 12.8. The molecule has 22 heavy (non-hydrogen) atoms. The van der Waals surface area contributed by atoms with Crippen LogP contribution in [-0.4, -0.2) is 25.7 Å². The fourth-order valence-corrected chi connectivity index (χ4v) is 2.65. The number of phenolic OH excluding ortho intramolecular Hbond substituents is 1. The third-order valence-corrected chi connectivity index (χ3v) is 3.75. The van der Waals surface area contributed by atoms with Crippen molar-refractivity contribution in [3.63, 3.8) is 0 Å². The number of rotatable bonds is 3. The predicted octanol–water partition coefficient (Wildman–Crippen LogP) is 2.78. The standard InChI is InChI=1S/C17H17N3O2/c1-10(21)7-12-8-14-16(19-20(3)17(14)18-9-12)13-5-4-6-15(22)11(13)2/h4-6,8-9,22H,7H2,1-3H3. The Labute approximate surface area is 128 Å². The van der Waals surface area contributed by atoms with Crippen LogP contribution in [0.15, 0.2) is 30.5 Å². The summed E-state index contributed by atoms with van der Waals surface area (Å²) in [6.07, 6.45) is 2.07. The molecule has 0 atom stereocenters. The molecule has 0 aliphatic heterocycles. The van der Waals surface area contributed by atoms with Crippen molar-refractivity contribution < 1.29 is 9.90 Å². The van der Waals surface area contributed by atoms with Crippen LogP contribution < -0.4 is 0 Å². The molecule has 0 amide bonds. The largest absolute Gasteiger partial charge is 0.508 e. The first kappa shape index (κ1) is 14.3. The molecule has 2 heterocycles. The Morgan fingerprint density at radius 1 is 1.36 bits per heavy atom. The number of carbonyl (C=O) groups excluding carboxylic acids is 1. The van der Waals surface area contributed by atoms with Crippen LogP contribution in [0, 0.1) is 6.92 Å². The highest BCUT2D eigenvalue weighted by Crippen LogP contribution is 2.33. The summed E-state index contributed by atoms with van der Waals surface area (Å²) < 4.78 is 1.71. The zero-order chi connectivity index (χ0) is 15.9. The summed E-state index contributed by atoms with van der Waals surface area (Å²) >= 11 is 0. The van der Waals surface area contributed by atoms with Gasteiger partial charge in [-0.05, 0) is 31.5 Å². The van der Waals surface area contributed by atoms with Crippen molar-refractivity contribution in [2.45, 2.75) is 20.3 Å². The number of hydrogen-bond donors (Lipinski definition) is 1. The van der Waals surface area contributed by atoms with Crippen molar-refractivity contribution in [2.24, 2.45) is 7.05 Å². The van der Waals surface area contributed by atoms with E-state index in [2.05, 4.69) is 10.1 Å². The quantitative estimate of drug-likeness (QED) is 0.806. The number of aromatic nitrogens is 3. The fourth-order valence-electron chi connectivity index (χ4n) is 2.65. The summed E-state index contributed by atoms with van der Waals surface area (Å²) in [5.41, 5.74) is 4.03. The summed E-state index contributed by atoms with van der Waals surface area (Å²) in [6.45, 7) is 3.42. The molecule has 0 bridgehead atoms. The Hall–Kier alpha value is -2.69. The number of phenols is 1. The van der Waals surface area contributed by atoms with Gasteiger partial charge in [0.1, 0.15) is 17.2 Å². The minimum Gasteiger partial charge on any atom is -0.508 e. The molecule has 5 heteroatoms. The lowest BCUT2D eigenvalue weighted by Crippen LogP contribution is -1.97. The molecule has 1 N–H and O–H groups in total. The van der Waals surface area contributed by atoms with Crippen molar-refractivity contribution in [2.75, 3.05) is 0 Å². The number of aryl methyl sites for hydroxylation is 1. The number of benzene rings is 1. The Kier molecular flexibility index (Phi) is 3.41. The second kappa shape index (κ2) is 5.26. The molecule has 0 fully saturated rings. The van der Waals surface area contributed by atoms with E-state index >= 15 is 0 Å². The predicted molar refractivity (Wildman–Crippen MR) is 84.7 cm³/mol. The molecule has 5 nitrogen and oxygen atoms in total. The molecule has 112 valence electrons. The third-order valence-electron chi connectivity index (χ3n) is 3.75. The smallest absolute Gasteiger partial charge is 0.158 e. The van der Waals surface area contributed by atoms with Crippen molar-refractivity contribution in [1.29, 1.82) is 0 Å². The molecule has 3 aromatic rings. The average molecular weight is 295 g/mol. The summed E-state index contributed by atoms with van der Waals surface area (Å²) in [7, 11) is 1.83. The molecule has 0 unspecified atom stereocenters. The van der Waals surface area contributed by atoms with E-state index in [1.54, 1.807) is 29.9 Å². The molecule has 0 aliphatic rings. The monoisotopic (exact) mass is 295 g/mol. The maximum Gasteiger partial charge on any atom is 0.158 e. The summed E-state index contributed by atoms with van der Waals surface area (Å²) in [5, 5.41) is 15.3. The first-order valence-electron chi connectivity index (χ1n) is 7.07. The van der Waals surface area contributed by atoms with Crippen LogP contribution in [0.5, 0.6) is 5.75 Å². The summed E-state index contributed by atoms with van der Waals surface area (Å²) in [5.74, 6) is 0.337. The number of fused-ring (bicyclic) bond motifs is 1. The molecule has 1 aromatic carbocycles. The summed E-state index contributed by atoms with van der Waals surface area (Å²) in [6, 6.07) is 7.33. The van der Waals surface area contributed by atoms with Crippen LogP contribution in [0.1, 0.15) is 18.1 Å². The highest BCUT2D eigenvalue weighted by Gasteiger charge is 2.15. The van der Waals surface area contributed by atoms with Gasteiger partial charge in [0.15, 0.2) is 5.65 Å². The molecule has 0 radical (unpaired) electrons. The van der Waals surface area contributed by atoms with Gasteiger partial charge in [0.2, 0.25) is 0 Å². The van der Waals surface area contributed by atoms with Crippen LogP contribution in [0.2, 0.25) is 0 Å². The Morgan fingerprint density at radius 3 is 2.86 bits per heavy atom. The van der Waals surface area contributed by atoms with E-state index in [-0.39, 0.29) is 11.5 Å². The number of ketones is 1. The molecule has 0 saturated carbocycles.